The van der Waals surface area contributed by atoms with Gasteiger partial charge in [-0.1, -0.05) is 15.9 Å². The lowest BCUT2D eigenvalue weighted by atomic mass is 10.2. The summed E-state index contributed by atoms with van der Waals surface area (Å²) in [6, 6.07) is 7.83. The van der Waals surface area contributed by atoms with E-state index in [1.807, 2.05) is 12.1 Å². The number of anilines is 1. The molecule has 0 heterocycles. The second kappa shape index (κ2) is 5.74. The van der Waals surface area contributed by atoms with Crippen LogP contribution >= 0.6 is 15.9 Å². The Hall–Kier alpha value is -1.05. The van der Waals surface area contributed by atoms with Crippen molar-refractivity contribution in [3.8, 4) is 6.07 Å². The van der Waals surface area contributed by atoms with Crippen LogP contribution < -0.4 is 10.6 Å². The van der Waals surface area contributed by atoms with Gasteiger partial charge >= 0.3 is 0 Å². The summed E-state index contributed by atoms with van der Waals surface area (Å²) in [6.45, 7) is 4.38. The second-order valence-electron chi connectivity index (χ2n) is 3.18. The van der Waals surface area contributed by atoms with Crippen molar-refractivity contribution in [3.63, 3.8) is 0 Å². The van der Waals surface area contributed by atoms with Crippen LogP contribution in [0.1, 0.15) is 12.5 Å². The number of hydrogen-bond acceptors (Lipinski definition) is 3. The van der Waals surface area contributed by atoms with Gasteiger partial charge in [-0.15, -0.1) is 0 Å². The number of benzene rings is 1. The summed E-state index contributed by atoms with van der Waals surface area (Å²) in [7, 11) is 0. The molecule has 0 unspecified atom stereocenters. The van der Waals surface area contributed by atoms with Gasteiger partial charge in [0.15, 0.2) is 0 Å². The molecule has 1 rings (SSSR count). The van der Waals surface area contributed by atoms with E-state index in [-0.39, 0.29) is 0 Å². The van der Waals surface area contributed by atoms with Gasteiger partial charge in [-0.2, -0.15) is 5.26 Å². The molecule has 0 aliphatic heterocycles. The number of nitrogens with zero attached hydrogens (tertiary/aromatic N) is 2. The van der Waals surface area contributed by atoms with Crippen molar-refractivity contribution in [2.45, 2.75) is 6.92 Å². The Kier molecular flexibility index (Phi) is 4.60. The highest BCUT2D eigenvalue weighted by atomic mass is 79.9. The molecule has 1 aromatic rings. The van der Waals surface area contributed by atoms with Gasteiger partial charge in [0.2, 0.25) is 0 Å². The number of rotatable bonds is 4. The lowest BCUT2D eigenvalue weighted by Gasteiger charge is -2.22. The molecule has 0 aliphatic rings. The van der Waals surface area contributed by atoms with Gasteiger partial charge in [0, 0.05) is 29.8 Å². The van der Waals surface area contributed by atoms with Crippen LogP contribution in [0, 0.1) is 11.3 Å². The van der Waals surface area contributed by atoms with Crippen LogP contribution in [0.15, 0.2) is 22.7 Å². The zero-order chi connectivity index (χ0) is 11.3. The first-order valence-electron chi connectivity index (χ1n) is 4.87. The fourth-order valence-electron chi connectivity index (χ4n) is 1.45. The molecule has 0 aromatic heterocycles. The summed E-state index contributed by atoms with van der Waals surface area (Å²) in [6.07, 6.45) is 0. The fraction of sp³-hybridized carbons (Fsp3) is 0.364. The largest absolute Gasteiger partial charge is 0.370 e. The Morgan fingerprint density at radius 1 is 1.47 bits per heavy atom. The van der Waals surface area contributed by atoms with Gasteiger partial charge in [0.05, 0.1) is 11.6 Å². The quantitative estimate of drug-likeness (QED) is 0.909. The summed E-state index contributed by atoms with van der Waals surface area (Å²) in [4.78, 5) is 2.14. The Morgan fingerprint density at radius 3 is 2.73 bits per heavy atom. The SMILES string of the molecule is CCN(CCN)c1cc(Br)cc(C#N)c1. The molecule has 3 nitrogen and oxygen atoms in total. The highest BCUT2D eigenvalue weighted by Gasteiger charge is 2.05. The highest BCUT2D eigenvalue weighted by molar-refractivity contribution is 9.10. The molecule has 80 valence electrons. The number of nitriles is 1. The van der Waals surface area contributed by atoms with E-state index in [1.54, 1.807) is 6.07 Å². The summed E-state index contributed by atoms with van der Waals surface area (Å²) >= 11 is 3.39. The Morgan fingerprint density at radius 2 is 2.20 bits per heavy atom. The molecular weight excluding hydrogens is 254 g/mol. The molecule has 1 aromatic carbocycles. The van der Waals surface area contributed by atoms with Crippen LogP contribution in [0.3, 0.4) is 0 Å². The standard InChI is InChI=1S/C11H14BrN3/c1-2-15(4-3-13)11-6-9(8-14)5-10(12)7-11/h5-7H,2-4,13H2,1H3. The lowest BCUT2D eigenvalue weighted by Crippen LogP contribution is -2.29. The van der Waals surface area contributed by atoms with E-state index in [0.717, 1.165) is 23.2 Å². The van der Waals surface area contributed by atoms with E-state index in [0.29, 0.717) is 12.1 Å². The van der Waals surface area contributed by atoms with Gasteiger partial charge in [0.1, 0.15) is 0 Å². The van der Waals surface area contributed by atoms with Crippen LogP contribution in [0.5, 0.6) is 0 Å². The third-order valence-corrected chi connectivity index (χ3v) is 2.62. The first-order chi connectivity index (χ1) is 7.21. The molecule has 0 bridgehead atoms. The van der Waals surface area contributed by atoms with Gasteiger partial charge < -0.3 is 10.6 Å². The van der Waals surface area contributed by atoms with Crippen molar-refractivity contribution in [1.82, 2.24) is 0 Å². The number of nitrogens with two attached hydrogens (primary N) is 1. The van der Waals surface area contributed by atoms with E-state index >= 15 is 0 Å². The fourth-order valence-corrected chi connectivity index (χ4v) is 1.93. The summed E-state index contributed by atoms with van der Waals surface area (Å²) in [5, 5.41) is 8.86. The zero-order valence-electron chi connectivity index (χ0n) is 8.70. The molecule has 2 N–H and O–H groups in total. The maximum atomic E-state index is 8.86. The summed E-state index contributed by atoms with van der Waals surface area (Å²) < 4.78 is 0.923. The van der Waals surface area contributed by atoms with Crippen molar-refractivity contribution in [1.29, 1.82) is 5.26 Å². The number of halogens is 1. The molecule has 0 radical (unpaired) electrons. The van der Waals surface area contributed by atoms with Gasteiger partial charge in [-0.25, -0.2) is 0 Å². The van der Waals surface area contributed by atoms with Gasteiger partial charge in [0.25, 0.3) is 0 Å². The van der Waals surface area contributed by atoms with Crippen LogP contribution in [0.2, 0.25) is 0 Å². The lowest BCUT2D eigenvalue weighted by molar-refractivity contribution is 0.816. The third kappa shape index (κ3) is 3.22. The zero-order valence-corrected chi connectivity index (χ0v) is 10.3. The second-order valence-corrected chi connectivity index (χ2v) is 4.09. The minimum absolute atomic E-state index is 0.613. The number of hydrogen-bond donors (Lipinski definition) is 1. The molecule has 0 saturated heterocycles. The van der Waals surface area contributed by atoms with Gasteiger partial charge in [-0.3, -0.25) is 0 Å². The van der Waals surface area contributed by atoms with Crippen molar-refractivity contribution in [3.05, 3.63) is 28.2 Å². The van der Waals surface area contributed by atoms with E-state index in [1.165, 1.54) is 0 Å². The molecule has 0 spiro atoms. The predicted molar refractivity (Wildman–Crippen MR) is 65.8 cm³/mol. The van der Waals surface area contributed by atoms with Crippen LogP contribution in [0.25, 0.3) is 0 Å². The molecule has 0 aliphatic carbocycles. The smallest absolute Gasteiger partial charge is 0.0992 e. The average molecular weight is 268 g/mol. The molecular formula is C11H14BrN3. The Balaban J connectivity index is 3.02. The molecule has 0 saturated carbocycles. The predicted octanol–water partition coefficient (Wildman–Crippen LogP) is 2.11. The normalized spacial score (nSPS) is 9.73. The van der Waals surface area contributed by atoms with E-state index in [2.05, 4.69) is 33.8 Å². The van der Waals surface area contributed by atoms with Crippen molar-refractivity contribution in [2.75, 3.05) is 24.5 Å². The molecule has 4 heteroatoms. The highest BCUT2D eigenvalue weighted by Crippen LogP contribution is 2.22. The third-order valence-electron chi connectivity index (χ3n) is 2.16. The average Bonchev–Trinajstić information content (AvgIpc) is 2.24. The molecule has 0 fully saturated rings. The van der Waals surface area contributed by atoms with Gasteiger partial charge in [-0.05, 0) is 25.1 Å². The molecule has 0 amide bonds. The minimum atomic E-state index is 0.613. The Labute approximate surface area is 98.6 Å². The Bertz CT molecular complexity index is 371. The first kappa shape index (κ1) is 12.0. The maximum absolute atomic E-state index is 8.86. The van der Waals surface area contributed by atoms with Crippen LogP contribution in [-0.4, -0.2) is 19.6 Å². The first-order valence-corrected chi connectivity index (χ1v) is 5.66. The summed E-state index contributed by atoms with van der Waals surface area (Å²) in [5.41, 5.74) is 7.23. The number of likely N-dealkylation sites (N-methyl/N-ethyl adjacent to an activating group) is 1. The van der Waals surface area contributed by atoms with Crippen molar-refractivity contribution in [2.24, 2.45) is 5.73 Å². The monoisotopic (exact) mass is 267 g/mol. The van der Waals surface area contributed by atoms with E-state index < -0.39 is 0 Å². The van der Waals surface area contributed by atoms with Crippen molar-refractivity contribution < 1.29 is 0 Å². The van der Waals surface area contributed by atoms with E-state index in [4.69, 9.17) is 11.0 Å². The van der Waals surface area contributed by atoms with E-state index in [9.17, 15) is 0 Å². The molecule has 15 heavy (non-hydrogen) atoms. The van der Waals surface area contributed by atoms with Crippen LogP contribution in [0.4, 0.5) is 5.69 Å². The molecule has 0 atom stereocenters. The maximum Gasteiger partial charge on any atom is 0.0992 e. The summed E-state index contributed by atoms with van der Waals surface area (Å²) in [5.74, 6) is 0. The van der Waals surface area contributed by atoms with Crippen LogP contribution in [-0.2, 0) is 0 Å². The minimum Gasteiger partial charge on any atom is -0.370 e. The topological polar surface area (TPSA) is 53.0 Å². The van der Waals surface area contributed by atoms with Crippen molar-refractivity contribution >= 4 is 21.6 Å².